The van der Waals surface area contributed by atoms with Gasteiger partial charge in [0.2, 0.25) is 0 Å². The van der Waals surface area contributed by atoms with E-state index in [2.05, 4.69) is 9.97 Å². The van der Waals surface area contributed by atoms with E-state index in [1.807, 2.05) is 0 Å². The van der Waals surface area contributed by atoms with Crippen LogP contribution in [0.4, 0.5) is 0 Å². The molecule has 6 nitrogen and oxygen atoms in total. The van der Waals surface area contributed by atoms with Crippen LogP contribution in [0.1, 0.15) is 11.7 Å². The van der Waals surface area contributed by atoms with Crippen LogP contribution in [0.5, 0.6) is 5.75 Å². The molecular weight excluding hydrogens is 212 g/mol. The number of hydrogen-bond donors (Lipinski definition) is 3. The summed E-state index contributed by atoms with van der Waals surface area (Å²) in [4.78, 5) is 17.6. The van der Waals surface area contributed by atoms with E-state index < -0.39 is 12.1 Å². The van der Waals surface area contributed by atoms with E-state index in [0.29, 0.717) is 16.8 Å². The van der Waals surface area contributed by atoms with Gasteiger partial charge in [0.05, 0.1) is 24.5 Å². The lowest BCUT2D eigenvalue weighted by molar-refractivity contribution is -0.147. The van der Waals surface area contributed by atoms with Gasteiger partial charge in [0, 0.05) is 11.6 Å². The number of methoxy groups -OCH3 is 1. The normalized spacial score (nSPS) is 12.6. The number of aromatic amines is 1. The molecule has 0 aliphatic heterocycles. The molecule has 1 atom stereocenters. The third kappa shape index (κ3) is 1.59. The van der Waals surface area contributed by atoms with Crippen molar-refractivity contribution in [2.75, 3.05) is 7.11 Å². The highest BCUT2D eigenvalue weighted by molar-refractivity contribution is 5.82. The Hall–Kier alpha value is -2.08. The zero-order valence-electron chi connectivity index (χ0n) is 8.47. The van der Waals surface area contributed by atoms with Crippen molar-refractivity contribution < 1.29 is 19.7 Å². The molecule has 3 N–H and O–H groups in total. The van der Waals surface area contributed by atoms with E-state index in [0.717, 1.165) is 0 Å². The Morgan fingerprint density at radius 2 is 2.31 bits per heavy atom. The first kappa shape index (κ1) is 10.4. The Kier molecular flexibility index (Phi) is 2.49. The number of imidazole rings is 1. The van der Waals surface area contributed by atoms with Gasteiger partial charge in [0.15, 0.2) is 6.10 Å². The SMILES string of the molecule is COc1cc2nc[nH]c2cc1C(O)C(=O)O. The fraction of sp³-hybridized carbons (Fsp3) is 0.200. The molecule has 0 radical (unpaired) electrons. The zero-order chi connectivity index (χ0) is 11.7. The second-order valence-corrected chi connectivity index (χ2v) is 3.25. The number of carboxylic acids is 1. The molecule has 0 amide bonds. The van der Waals surface area contributed by atoms with Crippen LogP contribution in [0.15, 0.2) is 18.5 Å². The average Bonchev–Trinajstić information content (AvgIpc) is 2.72. The summed E-state index contributed by atoms with van der Waals surface area (Å²) in [5, 5.41) is 18.2. The van der Waals surface area contributed by atoms with Crippen LogP contribution in [0.3, 0.4) is 0 Å². The number of ether oxygens (including phenoxy) is 1. The van der Waals surface area contributed by atoms with Crippen molar-refractivity contribution in [3.63, 3.8) is 0 Å². The Labute approximate surface area is 90.5 Å². The topological polar surface area (TPSA) is 95.4 Å². The minimum absolute atomic E-state index is 0.201. The number of carboxylic acid groups (broad SMARTS) is 1. The number of aromatic nitrogens is 2. The number of carbonyl (C=O) groups is 1. The van der Waals surface area contributed by atoms with Gasteiger partial charge in [-0.05, 0) is 6.07 Å². The third-order valence-corrected chi connectivity index (χ3v) is 2.30. The van der Waals surface area contributed by atoms with Crippen molar-refractivity contribution in [2.45, 2.75) is 6.10 Å². The molecule has 0 fully saturated rings. The lowest BCUT2D eigenvalue weighted by Crippen LogP contribution is -2.11. The second kappa shape index (κ2) is 3.82. The number of nitrogens with zero attached hydrogens (tertiary/aromatic N) is 1. The largest absolute Gasteiger partial charge is 0.496 e. The molecule has 0 spiro atoms. The summed E-state index contributed by atoms with van der Waals surface area (Å²) in [6.07, 6.45) is -0.122. The molecule has 6 heteroatoms. The zero-order valence-corrected chi connectivity index (χ0v) is 8.47. The highest BCUT2D eigenvalue weighted by atomic mass is 16.5. The summed E-state index contributed by atoms with van der Waals surface area (Å²) in [6, 6.07) is 3.09. The molecule has 0 saturated carbocycles. The first-order valence-corrected chi connectivity index (χ1v) is 4.55. The first-order valence-electron chi connectivity index (χ1n) is 4.55. The second-order valence-electron chi connectivity index (χ2n) is 3.25. The number of hydrogen-bond acceptors (Lipinski definition) is 4. The molecule has 1 unspecified atom stereocenters. The summed E-state index contributed by atoms with van der Waals surface area (Å²) in [7, 11) is 1.41. The molecule has 0 aliphatic carbocycles. The van der Waals surface area contributed by atoms with Crippen LogP contribution in [0.2, 0.25) is 0 Å². The molecule has 1 aromatic carbocycles. The van der Waals surface area contributed by atoms with Crippen molar-refractivity contribution in [1.82, 2.24) is 9.97 Å². The molecule has 16 heavy (non-hydrogen) atoms. The minimum atomic E-state index is -1.61. The summed E-state index contributed by atoms with van der Waals surface area (Å²) >= 11 is 0. The maximum Gasteiger partial charge on any atom is 0.337 e. The van der Waals surface area contributed by atoms with Gasteiger partial charge in [-0.3, -0.25) is 0 Å². The van der Waals surface area contributed by atoms with Crippen molar-refractivity contribution >= 4 is 17.0 Å². The number of nitrogens with one attached hydrogen (secondary N) is 1. The predicted molar refractivity (Wildman–Crippen MR) is 55.2 cm³/mol. The Morgan fingerprint density at radius 1 is 1.56 bits per heavy atom. The molecule has 1 aromatic heterocycles. The van der Waals surface area contributed by atoms with Crippen LogP contribution in [-0.4, -0.2) is 33.3 Å². The number of fused-ring (bicyclic) bond motifs is 1. The van der Waals surface area contributed by atoms with E-state index in [1.165, 1.54) is 19.5 Å². The van der Waals surface area contributed by atoms with Crippen LogP contribution < -0.4 is 4.74 Å². The van der Waals surface area contributed by atoms with E-state index in [9.17, 15) is 9.90 Å². The number of rotatable bonds is 3. The van der Waals surface area contributed by atoms with Crippen LogP contribution in [0, 0.1) is 0 Å². The smallest absolute Gasteiger partial charge is 0.337 e. The Bertz CT molecular complexity index is 535. The van der Waals surface area contributed by atoms with Crippen LogP contribution in [-0.2, 0) is 4.79 Å². The lowest BCUT2D eigenvalue weighted by atomic mass is 10.1. The third-order valence-electron chi connectivity index (χ3n) is 2.30. The van der Waals surface area contributed by atoms with Gasteiger partial charge in [0.25, 0.3) is 0 Å². The lowest BCUT2D eigenvalue weighted by Gasteiger charge is -2.11. The quantitative estimate of drug-likeness (QED) is 0.710. The Balaban J connectivity index is 2.61. The monoisotopic (exact) mass is 222 g/mol. The maximum atomic E-state index is 10.7. The van der Waals surface area contributed by atoms with Gasteiger partial charge < -0.3 is 19.9 Å². The van der Waals surface area contributed by atoms with Gasteiger partial charge in [-0.1, -0.05) is 0 Å². The minimum Gasteiger partial charge on any atom is -0.496 e. The number of aliphatic hydroxyl groups excluding tert-OH is 1. The van der Waals surface area contributed by atoms with Gasteiger partial charge >= 0.3 is 5.97 Å². The fourth-order valence-electron chi connectivity index (χ4n) is 1.50. The predicted octanol–water partition coefficient (Wildman–Crippen LogP) is 0.689. The molecule has 2 aromatic rings. The van der Waals surface area contributed by atoms with Gasteiger partial charge in [-0.2, -0.15) is 0 Å². The molecule has 84 valence electrons. The van der Waals surface area contributed by atoms with Crippen molar-refractivity contribution in [2.24, 2.45) is 0 Å². The van der Waals surface area contributed by atoms with Crippen LogP contribution >= 0.6 is 0 Å². The Morgan fingerprint density at radius 3 is 2.94 bits per heavy atom. The summed E-state index contributed by atoms with van der Waals surface area (Å²) in [5.74, 6) is -1.02. The van der Waals surface area contributed by atoms with Gasteiger partial charge in [-0.25, -0.2) is 9.78 Å². The van der Waals surface area contributed by atoms with E-state index >= 15 is 0 Å². The summed E-state index contributed by atoms with van der Waals surface area (Å²) in [6.45, 7) is 0. The van der Waals surface area contributed by atoms with Gasteiger partial charge in [0.1, 0.15) is 5.75 Å². The molecule has 0 aliphatic rings. The van der Waals surface area contributed by atoms with E-state index in [-0.39, 0.29) is 5.56 Å². The molecule has 0 bridgehead atoms. The molecule has 1 heterocycles. The summed E-state index contributed by atoms with van der Waals surface area (Å²) < 4.78 is 5.02. The van der Waals surface area contributed by atoms with Crippen molar-refractivity contribution in [3.8, 4) is 5.75 Å². The molecular formula is C10H10N2O4. The van der Waals surface area contributed by atoms with E-state index in [4.69, 9.17) is 9.84 Å². The standard InChI is InChI=1S/C10H10N2O4/c1-16-8-3-7-6(11-4-12-7)2-5(8)9(13)10(14)15/h2-4,9,13H,1H3,(H,11,12)(H,14,15). The number of aliphatic hydroxyl groups is 1. The average molecular weight is 222 g/mol. The highest BCUT2D eigenvalue weighted by Crippen LogP contribution is 2.29. The molecule has 0 saturated heterocycles. The fourth-order valence-corrected chi connectivity index (χ4v) is 1.50. The van der Waals surface area contributed by atoms with Crippen molar-refractivity contribution in [3.05, 3.63) is 24.0 Å². The summed E-state index contributed by atoms with van der Waals surface area (Å²) in [5.41, 5.74) is 1.50. The maximum absolute atomic E-state index is 10.7. The first-order chi connectivity index (χ1) is 7.63. The van der Waals surface area contributed by atoms with Crippen molar-refractivity contribution in [1.29, 1.82) is 0 Å². The molecule has 2 rings (SSSR count). The van der Waals surface area contributed by atoms with E-state index in [1.54, 1.807) is 6.07 Å². The van der Waals surface area contributed by atoms with Crippen LogP contribution in [0.25, 0.3) is 11.0 Å². The number of H-pyrrole nitrogens is 1. The van der Waals surface area contributed by atoms with Gasteiger partial charge in [-0.15, -0.1) is 0 Å². The highest BCUT2D eigenvalue weighted by Gasteiger charge is 2.21. The number of benzene rings is 1. The number of aliphatic carboxylic acids is 1.